The second-order valence-electron chi connectivity index (χ2n) is 5.04. The monoisotopic (exact) mass is 283 g/mol. The number of piperidine rings is 1. The molecule has 0 saturated carbocycles. The van der Waals surface area contributed by atoms with E-state index in [4.69, 9.17) is 0 Å². The zero-order valence-corrected chi connectivity index (χ0v) is 11.6. The third kappa shape index (κ3) is 3.34. The second-order valence-corrected chi connectivity index (χ2v) is 5.04. The number of amides is 1. The van der Waals surface area contributed by atoms with Crippen LogP contribution in [0.5, 0.6) is 0 Å². The number of anilines is 2. The Labute approximate surface area is 123 Å². The van der Waals surface area contributed by atoms with E-state index in [1.165, 1.54) is 0 Å². The molecule has 3 heterocycles. The predicted molar refractivity (Wildman–Crippen MR) is 79.8 cm³/mol. The molecule has 0 aliphatic carbocycles. The van der Waals surface area contributed by atoms with E-state index in [1.807, 2.05) is 0 Å². The normalized spacial score (nSPS) is 15.7. The largest absolute Gasteiger partial charge is 0.341 e. The zero-order valence-electron chi connectivity index (χ0n) is 11.6. The minimum Gasteiger partial charge on any atom is -0.341 e. The Balaban J connectivity index is 1.55. The van der Waals surface area contributed by atoms with Crippen LogP contribution in [0.2, 0.25) is 0 Å². The van der Waals surface area contributed by atoms with Gasteiger partial charge in [-0.3, -0.25) is 9.78 Å². The summed E-state index contributed by atoms with van der Waals surface area (Å²) in [4.78, 5) is 26.8. The van der Waals surface area contributed by atoms with Gasteiger partial charge in [0.1, 0.15) is 0 Å². The standard InChI is InChI=1S/C15H17N5O/c21-14(19-13-2-8-16-9-3-13)12-4-10-20(11-5-12)15-17-6-1-7-18-15/h1-3,6-9,12H,4-5,10-11H2,(H,16,19,21). The van der Waals surface area contributed by atoms with Crippen LogP contribution in [0.3, 0.4) is 0 Å². The molecule has 1 saturated heterocycles. The summed E-state index contributed by atoms with van der Waals surface area (Å²) in [5.41, 5.74) is 0.795. The van der Waals surface area contributed by atoms with Gasteiger partial charge in [0.05, 0.1) is 0 Å². The summed E-state index contributed by atoms with van der Waals surface area (Å²) in [6.45, 7) is 1.61. The average Bonchev–Trinajstić information content (AvgIpc) is 2.57. The lowest BCUT2D eigenvalue weighted by Gasteiger charge is -2.31. The molecule has 0 unspecified atom stereocenters. The molecular weight excluding hydrogens is 266 g/mol. The molecule has 21 heavy (non-hydrogen) atoms. The van der Waals surface area contributed by atoms with E-state index in [0.29, 0.717) is 0 Å². The zero-order chi connectivity index (χ0) is 14.5. The van der Waals surface area contributed by atoms with Crippen molar-refractivity contribution < 1.29 is 4.79 Å². The highest BCUT2D eigenvalue weighted by Crippen LogP contribution is 2.21. The Morgan fingerprint density at radius 1 is 1.10 bits per heavy atom. The van der Waals surface area contributed by atoms with Crippen LogP contribution in [-0.2, 0) is 4.79 Å². The number of nitrogens with one attached hydrogen (secondary N) is 1. The topological polar surface area (TPSA) is 71.0 Å². The van der Waals surface area contributed by atoms with Crippen LogP contribution in [-0.4, -0.2) is 33.9 Å². The fraction of sp³-hybridized carbons (Fsp3) is 0.333. The van der Waals surface area contributed by atoms with Gasteiger partial charge in [-0.25, -0.2) is 9.97 Å². The average molecular weight is 283 g/mol. The first-order chi connectivity index (χ1) is 10.3. The lowest BCUT2D eigenvalue weighted by Crippen LogP contribution is -2.39. The molecule has 0 aromatic carbocycles. The molecule has 1 N–H and O–H groups in total. The maximum Gasteiger partial charge on any atom is 0.227 e. The van der Waals surface area contributed by atoms with Crippen molar-refractivity contribution in [1.82, 2.24) is 15.0 Å². The molecule has 3 rings (SSSR count). The first kappa shape index (κ1) is 13.5. The van der Waals surface area contributed by atoms with Gasteiger partial charge in [-0.1, -0.05) is 0 Å². The molecule has 0 radical (unpaired) electrons. The number of carbonyl (C=O) groups excluding carboxylic acids is 1. The summed E-state index contributed by atoms with van der Waals surface area (Å²) in [6, 6.07) is 5.40. The molecule has 6 heteroatoms. The van der Waals surface area contributed by atoms with Crippen molar-refractivity contribution in [1.29, 1.82) is 0 Å². The highest BCUT2D eigenvalue weighted by molar-refractivity contribution is 5.92. The molecule has 1 fully saturated rings. The Bertz CT molecular complexity index is 582. The summed E-state index contributed by atoms with van der Waals surface area (Å²) in [6.07, 6.45) is 8.45. The van der Waals surface area contributed by atoms with E-state index < -0.39 is 0 Å². The molecule has 2 aromatic heterocycles. The molecule has 0 atom stereocenters. The summed E-state index contributed by atoms with van der Waals surface area (Å²) in [5.74, 6) is 0.860. The van der Waals surface area contributed by atoms with Crippen molar-refractivity contribution in [2.45, 2.75) is 12.8 Å². The Hall–Kier alpha value is -2.50. The second kappa shape index (κ2) is 6.30. The van der Waals surface area contributed by atoms with E-state index in [-0.39, 0.29) is 11.8 Å². The number of hydrogen-bond donors (Lipinski definition) is 1. The van der Waals surface area contributed by atoms with Gasteiger partial charge in [0.15, 0.2) is 0 Å². The van der Waals surface area contributed by atoms with Crippen molar-refractivity contribution in [3.8, 4) is 0 Å². The van der Waals surface area contributed by atoms with Gasteiger partial charge < -0.3 is 10.2 Å². The number of hydrogen-bond acceptors (Lipinski definition) is 5. The first-order valence-corrected chi connectivity index (χ1v) is 7.06. The molecule has 0 spiro atoms. The predicted octanol–water partition coefficient (Wildman–Crippen LogP) is 1.73. The maximum atomic E-state index is 12.2. The quantitative estimate of drug-likeness (QED) is 0.928. The lowest BCUT2D eigenvalue weighted by atomic mass is 9.96. The van der Waals surface area contributed by atoms with Crippen molar-refractivity contribution in [2.75, 3.05) is 23.3 Å². The summed E-state index contributed by atoms with van der Waals surface area (Å²) in [7, 11) is 0. The van der Waals surface area contributed by atoms with Crippen molar-refractivity contribution in [3.05, 3.63) is 43.0 Å². The van der Waals surface area contributed by atoms with E-state index in [9.17, 15) is 4.79 Å². The number of pyridine rings is 1. The Morgan fingerprint density at radius 2 is 1.76 bits per heavy atom. The number of aromatic nitrogens is 3. The molecule has 0 bridgehead atoms. The van der Waals surface area contributed by atoms with Crippen LogP contribution >= 0.6 is 0 Å². The molecule has 1 aliphatic rings. The third-order valence-corrected chi connectivity index (χ3v) is 3.65. The van der Waals surface area contributed by atoms with E-state index in [2.05, 4.69) is 25.2 Å². The highest BCUT2D eigenvalue weighted by atomic mass is 16.1. The molecule has 2 aromatic rings. The van der Waals surface area contributed by atoms with Crippen LogP contribution in [0.4, 0.5) is 11.6 Å². The van der Waals surface area contributed by atoms with Crippen LogP contribution < -0.4 is 10.2 Å². The summed E-state index contributed by atoms with van der Waals surface area (Å²) in [5, 5.41) is 2.94. The van der Waals surface area contributed by atoms with Crippen LogP contribution in [0, 0.1) is 5.92 Å². The maximum absolute atomic E-state index is 12.2. The van der Waals surface area contributed by atoms with Gasteiger partial charge in [-0.15, -0.1) is 0 Å². The van der Waals surface area contributed by atoms with Crippen LogP contribution in [0.15, 0.2) is 43.0 Å². The lowest BCUT2D eigenvalue weighted by molar-refractivity contribution is -0.120. The van der Waals surface area contributed by atoms with Gasteiger partial charge in [0.2, 0.25) is 11.9 Å². The van der Waals surface area contributed by atoms with Crippen LogP contribution in [0.1, 0.15) is 12.8 Å². The Morgan fingerprint density at radius 3 is 2.43 bits per heavy atom. The summed E-state index contributed by atoms with van der Waals surface area (Å²) >= 11 is 0. The van der Waals surface area contributed by atoms with E-state index >= 15 is 0 Å². The highest BCUT2D eigenvalue weighted by Gasteiger charge is 2.26. The van der Waals surface area contributed by atoms with Gasteiger partial charge in [0, 0.05) is 49.5 Å². The van der Waals surface area contributed by atoms with Crippen LogP contribution in [0.25, 0.3) is 0 Å². The van der Waals surface area contributed by atoms with Crippen molar-refractivity contribution in [2.24, 2.45) is 5.92 Å². The van der Waals surface area contributed by atoms with Crippen molar-refractivity contribution in [3.63, 3.8) is 0 Å². The molecule has 1 aliphatic heterocycles. The minimum atomic E-state index is 0.0399. The fourth-order valence-corrected chi connectivity index (χ4v) is 2.48. The molecule has 108 valence electrons. The number of nitrogens with zero attached hydrogens (tertiary/aromatic N) is 4. The van der Waals surface area contributed by atoms with E-state index in [0.717, 1.165) is 37.6 Å². The number of rotatable bonds is 3. The van der Waals surface area contributed by atoms with Gasteiger partial charge in [-0.05, 0) is 31.0 Å². The van der Waals surface area contributed by atoms with E-state index in [1.54, 1.807) is 43.0 Å². The molecular formula is C15H17N5O. The minimum absolute atomic E-state index is 0.0399. The van der Waals surface area contributed by atoms with Gasteiger partial charge in [-0.2, -0.15) is 0 Å². The fourth-order valence-electron chi connectivity index (χ4n) is 2.48. The third-order valence-electron chi connectivity index (χ3n) is 3.65. The first-order valence-electron chi connectivity index (χ1n) is 7.06. The van der Waals surface area contributed by atoms with Gasteiger partial charge >= 0.3 is 0 Å². The number of carbonyl (C=O) groups is 1. The molecule has 6 nitrogen and oxygen atoms in total. The van der Waals surface area contributed by atoms with Crippen molar-refractivity contribution >= 4 is 17.5 Å². The SMILES string of the molecule is O=C(Nc1ccncc1)C1CCN(c2ncccn2)CC1. The smallest absolute Gasteiger partial charge is 0.227 e. The summed E-state index contributed by atoms with van der Waals surface area (Å²) < 4.78 is 0. The Kier molecular flexibility index (Phi) is 4.04. The van der Waals surface area contributed by atoms with Gasteiger partial charge in [0.25, 0.3) is 0 Å². The molecule has 1 amide bonds.